The van der Waals surface area contributed by atoms with Crippen molar-refractivity contribution in [1.82, 2.24) is 4.98 Å². The van der Waals surface area contributed by atoms with Crippen molar-refractivity contribution in [1.29, 1.82) is 0 Å². The Morgan fingerprint density at radius 1 is 1.13 bits per heavy atom. The molecule has 0 radical (unpaired) electrons. The van der Waals surface area contributed by atoms with E-state index in [1.165, 1.54) is 13.8 Å². The molecule has 0 aliphatic carbocycles. The minimum Gasteiger partial charge on any atom is -0.493 e. The summed E-state index contributed by atoms with van der Waals surface area (Å²) in [6.07, 6.45) is 2.25. The number of oxazole rings is 1. The maximum absolute atomic E-state index is 11.2. The third-order valence-corrected chi connectivity index (χ3v) is 4.23. The van der Waals surface area contributed by atoms with E-state index in [1.54, 1.807) is 18.4 Å². The highest BCUT2D eigenvalue weighted by molar-refractivity contribution is 5.76. The Kier molecular flexibility index (Phi) is 8.00. The lowest BCUT2D eigenvalue weighted by Gasteiger charge is -2.23. The first-order valence-corrected chi connectivity index (χ1v) is 9.45. The third kappa shape index (κ3) is 6.09. The van der Waals surface area contributed by atoms with E-state index in [9.17, 15) is 9.90 Å². The normalized spacial score (nSPS) is 10.7. The molecule has 0 amide bonds. The number of aliphatic carboxylic acids is 1. The number of rotatable bonds is 8. The molecule has 3 aromatic rings. The summed E-state index contributed by atoms with van der Waals surface area (Å²) in [4.78, 5) is 15.7. The zero-order chi connectivity index (χ0) is 22.1. The Balaban J connectivity index is 0.00000155. The molecule has 7 nitrogen and oxygen atoms in total. The molecule has 0 saturated heterocycles. The number of ether oxygens (including phenoxy) is 2. The molecule has 0 aliphatic heterocycles. The SMILES string of the molecule is CO.Cc1cc(OCCc2coc(-c3ccccc3)n2)ccc1OC(C)(C)C(=O)O. The summed E-state index contributed by atoms with van der Waals surface area (Å²) in [6, 6.07) is 15.0. The van der Waals surface area contributed by atoms with Gasteiger partial charge in [0.2, 0.25) is 5.89 Å². The number of aromatic nitrogens is 1. The number of carboxylic acids is 1. The monoisotopic (exact) mass is 413 g/mol. The summed E-state index contributed by atoms with van der Waals surface area (Å²) >= 11 is 0. The molecule has 0 fully saturated rings. The van der Waals surface area contributed by atoms with E-state index in [2.05, 4.69) is 4.98 Å². The number of aliphatic hydroxyl groups excluding tert-OH is 1. The van der Waals surface area contributed by atoms with Crippen LogP contribution in [0, 0.1) is 6.92 Å². The minimum atomic E-state index is -1.30. The molecule has 7 heteroatoms. The molecule has 2 aromatic carbocycles. The molecular weight excluding hydrogens is 386 g/mol. The van der Waals surface area contributed by atoms with Crippen LogP contribution in [0.15, 0.2) is 59.2 Å². The largest absolute Gasteiger partial charge is 0.493 e. The number of hydrogen-bond acceptors (Lipinski definition) is 6. The number of benzene rings is 2. The van der Waals surface area contributed by atoms with Crippen LogP contribution in [0.3, 0.4) is 0 Å². The van der Waals surface area contributed by atoms with Crippen molar-refractivity contribution in [3.63, 3.8) is 0 Å². The predicted molar refractivity (Wildman–Crippen MR) is 113 cm³/mol. The van der Waals surface area contributed by atoms with Crippen LogP contribution in [0.2, 0.25) is 0 Å². The summed E-state index contributed by atoms with van der Waals surface area (Å²) in [7, 11) is 1.00. The van der Waals surface area contributed by atoms with E-state index in [4.69, 9.17) is 19.0 Å². The molecule has 160 valence electrons. The maximum atomic E-state index is 11.2. The summed E-state index contributed by atoms with van der Waals surface area (Å²) in [5.41, 5.74) is 1.26. The van der Waals surface area contributed by atoms with Gasteiger partial charge in [-0.05, 0) is 56.7 Å². The minimum absolute atomic E-state index is 0.445. The van der Waals surface area contributed by atoms with Crippen LogP contribution < -0.4 is 9.47 Å². The first-order valence-electron chi connectivity index (χ1n) is 9.45. The molecule has 0 bridgehead atoms. The van der Waals surface area contributed by atoms with Crippen molar-refractivity contribution in [3.8, 4) is 23.0 Å². The van der Waals surface area contributed by atoms with E-state index < -0.39 is 11.6 Å². The lowest BCUT2D eigenvalue weighted by atomic mass is 10.1. The van der Waals surface area contributed by atoms with Crippen molar-refractivity contribution in [3.05, 3.63) is 66.1 Å². The van der Waals surface area contributed by atoms with Crippen LogP contribution in [0.25, 0.3) is 11.5 Å². The standard InChI is InChI=1S/C22H23NO5.CH4O/c1-15-13-18(9-10-19(15)28-22(2,3)21(24)25)26-12-11-17-14-27-20(23-17)16-7-5-4-6-8-16;1-2/h4-10,13-14H,11-12H2,1-3H3,(H,24,25);2H,1H3. The van der Waals surface area contributed by atoms with Gasteiger partial charge in [0.15, 0.2) is 5.60 Å². The van der Waals surface area contributed by atoms with Gasteiger partial charge >= 0.3 is 5.97 Å². The molecule has 2 N–H and O–H groups in total. The fourth-order valence-electron chi connectivity index (χ4n) is 2.55. The van der Waals surface area contributed by atoms with Crippen LogP contribution in [-0.2, 0) is 11.2 Å². The molecule has 0 unspecified atom stereocenters. The number of carboxylic acid groups (broad SMARTS) is 1. The Hall–Kier alpha value is -3.32. The first kappa shape index (κ1) is 23.0. The zero-order valence-electron chi connectivity index (χ0n) is 17.6. The third-order valence-electron chi connectivity index (χ3n) is 4.23. The van der Waals surface area contributed by atoms with E-state index in [1.807, 2.05) is 43.3 Å². The highest BCUT2D eigenvalue weighted by Crippen LogP contribution is 2.27. The summed E-state index contributed by atoms with van der Waals surface area (Å²) in [6.45, 7) is 5.33. The Labute approximate surface area is 175 Å². The molecule has 0 aliphatic rings. The first-order chi connectivity index (χ1) is 14.3. The molecule has 0 atom stereocenters. The second-order valence-corrected chi connectivity index (χ2v) is 6.95. The van der Waals surface area contributed by atoms with Crippen LogP contribution >= 0.6 is 0 Å². The van der Waals surface area contributed by atoms with E-state index in [-0.39, 0.29) is 0 Å². The average molecular weight is 413 g/mol. The fourth-order valence-corrected chi connectivity index (χ4v) is 2.55. The molecule has 1 aromatic heterocycles. The number of nitrogens with zero attached hydrogens (tertiary/aromatic N) is 1. The van der Waals surface area contributed by atoms with Crippen LogP contribution in [0.4, 0.5) is 0 Å². The predicted octanol–water partition coefficient (Wildman–Crippen LogP) is 4.12. The van der Waals surface area contributed by atoms with Gasteiger partial charge in [-0.3, -0.25) is 0 Å². The van der Waals surface area contributed by atoms with Crippen molar-refractivity contribution in [2.24, 2.45) is 0 Å². The van der Waals surface area contributed by atoms with Gasteiger partial charge in [0.1, 0.15) is 17.8 Å². The van der Waals surface area contributed by atoms with Crippen LogP contribution in [0.5, 0.6) is 11.5 Å². The summed E-state index contributed by atoms with van der Waals surface area (Å²) < 4.78 is 16.9. The van der Waals surface area contributed by atoms with Crippen molar-refractivity contribution in [2.45, 2.75) is 32.8 Å². The zero-order valence-corrected chi connectivity index (χ0v) is 17.6. The maximum Gasteiger partial charge on any atom is 0.347 e. The van der Waals surface area contributed by atoms with Gasteiger partial charge in [0.25, 0.3) is 0 Å². The topological polar surface area (TPSA) is 102 Å². The molecular formula is C23H27NO6. The number of aryl methyl sites for hydroxylation is 1. The Morgan fingerprint density at radius 3 is 2.47 bits per heavy atom. The van der Waals surface area contributed by atoms with Gasteiger partial charge < -0.3 is 24.1 Å². The fraction of sp³-hybridized carbons (Fsp3) is 0.304. The van der Waals surface area contributed by atoms with Gasteiger partial charge in [-0.1, -0.05) is 18.2 Å². The van der Waals surface area contributed by atoms with Gasteiger partial charge in [0.05, 0.1) is 12.3 Å². The summed E-state index contributed by atoms with van der Waals surface area (Å²) in [5.74, 6) is 0.775. The van der Waals surface area contributed by atoms with Gasteiger partial charge in [0, 0.05) is 19.1 Å². The van der Waals surface area contributed by atoms with E-state index in [0.29, 0.717) is 30.4 Å². The quantitative estimate of drug-likeness (QED) is 0.573. The van der Waals surface area contributed by atoms with Crippen molar-refractivity contribution < 1.29 is 28.9 Å². The lowest BCUT2D eigenvalue weighted by Crippen LogP contribution is -2.38. The van der Waals surface area contributed by atoms with Crippen molar-refractivity contribution in [2.75, 3.05) is 13.7 Å². The number of carbonyl (C=O) groups is 1. The van der Waals surface area contributed by atoms with E-state index >= 15 is 0 Å². The van der Waals surface area contributed by atoms with Gasteiger partial charge in [-0.15, -0.1) is 0 Å². The second-order valence-electron chi connectivity index (χ2n) is 6.95. The molecule has 30 heavy (non-hydrogen) atoms. The summed E-state index contributed by atoms with van der Waals surface area (Å²) in [5, 5.41) is 16.2. The number of aliphatic hydroxyl groups is 1. The van der Waals surface area contributed by atoms with Crippen molar-refractivity contribution >= 4 is 5.97 Å². The van der Waals surface area contributed by atoms with Gasteiger partial charge in [-0.25, -0.2) is 9.78 Å². The number of hydrogen-bond donors (Lipinski definition) is 2. The molecule has 1 heterocycles. The Bertz CT molecular complexity index is 949. The van der Waals surface area contributed by atoms with E-state index in [0.717, 1.165) is 23.9 Å². The average Bonchev–Trinajstić information content (AvgIpc) is 3.21. The second kappa shape index (κ2) is 10.5. The molecule has 0 spiro atoms. The Morgan fingerprint density at radius 2 is 1.83 bits per heavy atom. The highest BCUT2D eigenvalue weighted by atomic mass is 16.5. The van der Waals surface area contributed by atoms with Crippen LogP contribution in [0.1, 0.15) is 25.1 Å². The van der Waals surface area contributed by atoms with Crippen LogP contribution in [-0.4, -0.2) is 40.5 Å². The molecule has 0 saturated carbocycles. The van der Waals surface area contributed by atoms with Gasteiger partial charge in [-0.2, -0.15) is 0 Å². The highest BCUT2D eigenvalue weighted by Gasteiger charge is 2.29. The smallest absolute Gasteiger partial charge is 0.347 e. The molecule has 3 rings (SSSR count). The lowest BCUT2D eigenvalue weighted by molar-refractivity contribution is -0.152.